The third-order valence-electron chi connectivity index (χ3n) is 6.67. The molecule has 0 bridgehead atoms. The number of anilines is 2. The molecule has 1 aliphatic rings. The molecule has 0 radical (unpaired) electrons. The number of hydrogen-bond acceptors (Lipinski definition) is 5. The Morgan fingerprint density at radius 3 is 2.52 bits per heavy atom. The van der Waals surface area contributed by atoms with Crippen molar-refractivity contribution in [3.63, 3.8) is 0 Å². The van der Waals surface area contributed by atoms with Gasteiger partial charge >= 0.3 is 0 Å². The normalized spacial score (nSPS) is 19.5. The highest BCUT2D eigenvalue weighted by Crippen LogP contribution is 2.39. The zero-order valence-electron chi connectivity index (χ0n) is 19.8. The molecule has 1 aliphatic carbocycles. The molecular weight excluding hydrogens is 424 g/mol. The molecule has 2 atom stereocenters. The van der Waals surface area contributed by atoms with Gasteiger partial charge in [0, 0.05) is 36.1 Å². The van der Waals surface area contributed by atoms with Crippen molar-refractivity contribution in [2.24, 2.45) is 0 Å². The summed E-state index contributed by atoms with van der Waals surface area (Å²) in [5.41, 5.74) is 3.43. The van der Waals surface area contributed by atoms with E-state index < -0.39 is 8.32 Å². The van der Waals surface area contributed by atoms with Gasteiger partial charge in [0.2, 0.25) is 5.28 Å². The Kier molecular flexibility index (Phi) is 7.66. The van der Waals surface area contributed by atoms with E-state index in [1.54, 1.807) is 0 Å². The first kappa shape index (κ1) is 24.0. The van der Waals surface area contributed by atoms with Crippen molar-refractivity contribution < 1.29 is 4.43 Å². The number of halogens is 1. The second-order valence-corrected chi connectivity index (χ2v) is 15.2. The van der Waals surface area contributed by atoms with Crippen LogP contribution in [-0.4, -0.2) is 30.4 Å². The Morgan fingerprint density at radius 1 is 1.16 bits per heavy atom. The van der Waals surface area contributed by atoms with Crippen LogP contribution < -0.4 is 10.6 Å². The second kappa shape index (κ2) is 9.88. The quantitative estimate of drug-likeness (QED) is 0.340. The highest BCUT2D eigenvalue weighted by Gasteiger charge is 2.40. The van der Waals surface area contributed by atoms with E-state index in [9.17, 15) is 0 Å². The summed E-state index contributed by atoms with van der Waals surface area (Å²) >= 11 is 6.12. The van der Waals surface area contributed by atoms with Crippen molar-refractivity contribution in [1.29, 1.82) is 0 Å². The lowest BCUT2D eigenvalue weighted by Crippen LogP contribution is -2.43. The Balaban J connectivity index is 1.62. The van der Waals surface area contributed by atoms with Crippen LogP contribution in [0.1, 0.15) is 58.1 Å². The SMILES string of the molecule is CCc1ccc(NCc2cnc(Cl)nc2NC2CCC(O[Si](C)(C)C(C)(C)C)C2)cc1. The summed E-state index contributed by atoms with van der Waals surface area (Å²) in [5.74, 6) is 0.815. The van der Waals surface area contributed by atoms with Crippen molar-refractivity contribution >= 4 is 31.4 Å². The predicted molar refractivity (Wildman–Crippen MR) is 134 cm³/mol. The van der Waals surface area contributed by atoms with Crippen LogP contribution in [0.2, 0.25) is 23.4 Å². The highest BCUT2D eigenvalue weighted by molar-refractivity contribution is 6.74. The van der Waals surface area contributed by atoms with Gasteiger partial charge in [0.05, 0.1) is 0 Å². The maximum Gasteiger partial charge on any atom is 0.224 e. The lowest BCUT2D eigenvalue weighted by Gasteiger charge is -2.38. The van der Waals surface area contributed by atoms with Gasteiger partial charge in [-0.05, 0) is 73.1 Å². The van der Waals surface area contributed by atoms with Crippen LogP contribution in [0.25, 0.3) is 0 Å². The van der Waals surface area contributed by atoms with Gasteiger partial charge in [-0.25, -0.2) is 9.97 Å². The van der Waals surface area contributed by atoms with E-state index in [4.69, 9.17) is 16.0 Å². The maximum atomic E-state index is 6.64. The van der Waals surface area contributed by atoms with Crippen molar-refractivity contribution in [2.75, 3.05) is 10.6 Å². The number of benzene rings is 1. The van der Waals surface area contributed by atoms with Gasteiger partial charge in [0.15, 0.2) is 8.32 Å². The van der Waals surface area contributed by atoms with Crippen LogP contribution >= 0.6 is 11.6 Å². The zero-order valence-corrected chi connectivity index (χ0v) is 21.5. The van der Waals surface area contributed by atoms with Crippen LogP contribution in [0.3, 0.4) is 0 Å². The Bertz CT molecular complexity index is 867. The maximum absolute atomic E-state index is 6.64. The highest BCUT2D eigenvalue weighted by atomic mass is 35.5. The summed E-state index contributed by atoms with van der Waals surface area (Å²) in [7, 11) is -1.75. The van der Waals surface area contributed by atoms with E-state index in [0.717, 1.165) is 42.8 Å². The monoisotopic (exact) mass is 460 g/mol. The average Bonchev–Trinajstić information content (AvgIpc) is 3.13. The molecular formula is C24H37ClN4OSi. The Morgan fingerprint density at radius 2 is 1.87 bits per heavy atom. The molecule has 2 aromatic rings. The molecule has 0 aliphatic heterocycles. The van der Waals surface area contributed by atoms with E-state index in [1.807, 2.05) is 6.20 Å². The van der Waals surface area contributed by atoms with Crippen molar-refractivity contribution in [3.05, 3.63) is 46.9 Å². The summed E-state index contributed by atoms with van der Waals surface area (Å²) in [6, 6.07) is 8.87. The van der Waals surface area contributed by atoms with E-state index in [2.05, 4.69) is 85.7 Å². The molecule has 0 spiro atoms. The van der Waals surface area contributed by atoms with Crippen molar-refractivity contribution in [1.82, 2.24) is 9.97 Å². The van der Waals surface area contributed by atoms with Gasteiger partial charge in [-0.15, -0.1) is 0 Å². The fourth-order valence-corrected chi connectivity index (χ4v) is 5.19. The van der Waals surface area contributed by atoms with Crippen molar-refractivity contribution in [2.45, 2.75) is 90.2 Å². The smallest absolute Gasteiger partial charge is 0.224 e. The van der Waals surface area contributed by atoms with Gasteiger partial charge in [0.1, 0.15) is 5.82 Å². The first-order chi connectivity index (χ1) is 14.6. The molecule has 1 heterocycles. The summed E-state index contributed by atoms with van der Waals surface area (Å²) in [6.07, 6.45) is 6.32. The molecule has 0 saturated heterocycles. The predicted octanol–water partition coefficient (Wildman–Crippen LogP) is 6.66. The van der Waals surface area contributed by atoms with E-state index >= 15 is 0 Å². The molecule has 170 valence electrons. The number of nitrogens with zero attached hydrogens (tertiary/aromatic N) is 2. The van der Waals surface area contributed by atoms with Crippen molar-refractivity contribution in [3.8, 4) is 0 Å². The third-order valence-corrected chi connectivity index (χ3v) is 11.4. The molecule has 1 aromatic heterocycles. The molecule has 1 saturated carbocycles. The van der Waals surface area contributed by atoms with Gasteiger partial charge in [-0.3, -0.25) is 0 Å². The number of hydrogen-bond donors (Lipinski definition) is 2. The van der Waals surface area contributed by atoms with E-state index in [1.165, 1.54) is 5.56 Å². The van der Waals surface area contributed by atoms with E-state index in [0.29, 0.717) is 18.7 Å². The number of aryl methyl sites for hydroxylation is 1. The second-order valence-electron chi connectivity index (χ2n) is 10.1. The fourth-order valence-electron chi connectivity index (χ4n) is 3.66. The number of aromatic nitrogens is 2. The molecule has 2 N–H and O–H groups in total. The summed E-state index contributed by atoms with van der Waals surface area (Å²) in [6.45, 7) is 14.3. The Hall–Kier alpha value is -1.63. The number of rotatable bonds is 8. The minimum atomic E-state index is -1.75. The first-order valence-electron chi connectivity index (χ1n) is 11.4. The number of nitrogens with one attached hydrogen (secondary N) is 2. The first-order valence-corrected chi connectivity index (χ1v) is 14.6. The summed E-state index contributed by atoms with van der Waals surface area (Å²) in [5, 5.41) is 7.59. The van der Waals surface area contributed by atoms with Crippen LogP contribution in [0.15, 0.2) is 30.5 Å². The molecule has 7 heteroatoms. The molecule has 1 aromatic carbocycles. The molecule has 1 fully saturated rings. The minimum absolute atomic E-state index is 0.229. The fraction of sp³-hybridized carbons (Fsp3) is 0.583. The minimum Gasteiger partial charge on any atom is -0.414 e. The van der Waals surface area contributed by atoms with Crippen LogP contribution in [0, 0.1) is 0 Å². The molecule has 5 nitrogen and oxygen atoms in total. The van der Waals surface area contributed by atoms with Crippen LogP contribution in [0.4, 0.5) is 11.5 Å². The standard InChI is InChI=1S/C24H37ClN4OSi/c1-7-17-8-10-19(11-9-17)26-15-18-16-27-23(25)29-22(18)28-20-12-13-21(14-20)30-31(5,6)24(2,3)4/h8-11,16,20-21,26H,7,12-15H2,1-6H3,(H,27,28,29). The molecule has 0 amide bonds. The van der Waals surface area contributed by atoms with Gasteiger partial charge in [-0.1, -0.05) is 39.8 Å². The van der Waals surface area contributed by atoms with E-state index in [-0.39, 0.29) is 10.3 Å². The largest absolute Gasteiger partial charge is 0.414 e. The lowest BCUT2D eigenvalue weighted by molar-refractivity contribution is 0.187. The summed E-state index contributed by atoms with van der Waals surface area (Å²) < 4.78 is 6.64. The molecule has 2 unspecified atom stereocenters. The third kappa shape index (κ3) is 6.43. The van der Waals surface area contributed by atoms with Crippen LogP contribution in [0.5, 0.6) is 0 Å². The van der Waals surface area contributed by atoms with Gasteiger partial charge in [0.25, 0.3) is 0 Å². The topological polar surface area (TPSA) is 59.1 Å². The van der Waals surface area contributed by atoms with Crippen LogP contribution in [-0.2, 0) is 17.4 Å². The lowest BCUT2D eigenvalue weighted by atomic mass is 10.1. The zero-order chi connectivity index (χ0) is 22.6. The molecule has 3 rings (SSSR count). The van der Waals surface area contributed by atoms with Gasteiger partial charge in [-0.2, -0.15) is 0 Å². The molecule has 31 heavy (non-hydrogen) atoms. The van der Waals surface area contributed by atoms with Gasteiger partial charge < -0.3 is 15.1 Å². The Labute approximate surface area is 193 Å². The summed E-state index contributed by atoms with van der Waals surface area (Å²) in [4.78, 5) is 8.69. The average molecular weight is 461 g/mol.